The van der Waals surface area contributed by atoms with E-state index in [0.29, 0.717) is 23.0 Å². The Morgan fingerprint density at radius 2 is 0.700 bits per heavy atom. The van der Waals surface area contributed by atoms with E-state index in [-0.39, 0.29) is 0 Å². The first-order chi connectivity index (χ1) is 34.6. The number of hydrogen-bond acceptors (Lipinski definition) is 4. The molecule has 0 spiro atoms. The Labute approximate surface area is 406 Å². The fraction of sp³-hybridized carbons (Fsp3) is 0. The van der Waals surface area contributed by atoms with Crippen molar-refractivity contribution in [2.24, 2.45) is 0 Å². The molecule has 1 heterocycles. The largest absolute Gasteiger partial charge is 0.208 e. The Kier molecular flexibility index (Phi) is 9.85. The van der Waals surface area contributed by atoms with Gasteiger partial charge in [0.2, 0.25) is 0 Å². The van der Waals surface area contributed by atoms with Crippen LogP contribution >= 0.6 is 0 Å². The SMILES string of the molecule is N#Cc1cc(-c2cccc(-c3ccc(-c4nc(-c5ccccc5)nc(-c5ccccc5-c5cccc6ccccc56)n4)cc3)c2)ccc1-c1cccc(-c2ccc3c(c2)-c2cccc4cccc-3c24)c1. The summed E-state index contributed by atoms with van der Waals surface area (Å²) in [6.07, 6.45) is 0. The summed E-state index contributed by atoms with van der Waals surface area (Å²) < 4.78 is 0. The highest BCUT2D eigenvalue weighted by Gasteiger charge is 2.22. The molecule has 0 saturated carbocycles. The van der Waals surface area contributed by atoms with Crippen LogP contribution in [0.25, 0.3) is 134 Å². The Morgan fingerprint density at radius 1 is 0.257 bits per heavy atom. The zero-order valence-electron chi connectivity index (χ0n) is 37.9. The minimum absolute atomic E-state index is 0.600. The monoisotopic (exact) mass is 888 g/mol. The van der Waals surface area contributed by atoms with Gasteiger partial charge >= 0.3 is 0 Å². The fourth-order valence-corrected chi connectivity index (χ4v) is 10.3. The number of benzene rings is 11. The maximum absolute atomic E-state index is 10.6. The second-order valence-corrected chi connectivity index (χ2v) is 17.8. The van der Waals surface area contributed by atoms with Gasteiger partial charge in [-0.15, -0.1) is 0 Å². The van der Waals surface area contributed by atoms with Crippen LogP contribution in [0.3, 0.4) is 0 Å². The van der Waals surface area contributed by atoms with Gasteiger partial charge in [0.05, 0.1) is 11.6 Å². The smallest absolute Gasteiger partial charge is 0.164 e. The molecule has 0 amide bonds. The van der Waals surface area contributed by atoms with Gasteiger partial charge in [-0.05, 0) is 124 Å². The van der Waals surface area contributed by atoms with E-state index >= 15 is 0 Å². The van der Waals surface area contributed by atoms with Crippen molar-refractivity contribution in [2.45, 2.75) is 0 Å². The van der Waals surface area contributed by atoms with Gasteiger partial charge in [0.15, 0.2) is 17.5 Å². The molecule has 1 aromatic heterocycles. The second-order valence-electron chi connectivity index (χ2n) is 17.8. The van der Waals surface area contributed by atoms with E-state index in [0.717, 1.165) is 72.3 Å². The molecular weight excluding hydrogens is 849 g/mol. The summed E-state index contributed by atoms with van der Waals surface area (Å²) >= 11 is 0. The van der Waals surface area contributed by atoms with Gasteiger partial charge in [0.1, 0.15) is 0 Å². The third-order valence-electron chi connectivity index (χ3n) is 13.7. The molecule has 0 aliphatic heterocycles. The first-order valence-corrected chi connectivity index (χ1v) is 23.6. The zero-order valence-corrected chi connectivity index (χ0v) is 37.9. The molecule has 0 saturated heterocycles. The van der Waals surface area contributed by atoms with Crippen LogP contribution in [-0.4, -0.2) is 15.0 Å². The Hall–Kier alpha value is -9.56. The minimum atomic E-state index is 0.600. The molecule has 0 N–H and O–H groups in total. The normalized spacial score (nSPS) is 11.4. The predicted molar refractivity (Wildman–Crippen MR) is 287 cm³/mol. The molecule has 1 aliphatic carbocycles. The third kappa shape index (κ3) is 7.13. The molecule has 1 aliphatic rings. The van der Waals surface area contributed by atoms with Crippen LogP contribution in [0.4, 0.5) is 0 Å². The number of fused-ring (bicyclic) bond motifs is 4. The number of hydrogen-bond donors (Lipinski definition) is 0. The summed E-state index contributed by atoms with van der Waals surface area (Å²) in [5, 5.41) is 15.5. The van der Waals surface area contributed by atoms with E-state index in [2.05, 4.69) is 206 Å². The number of nitriles is 1. The van der Waals surface area contributed by atoms with Crippen molar-refractivity contribution >= 4 is 21.5 Å². The number of rotatable bonds is 8. The summed E-state index contributed by atoms with van der Waals surface area (Å²) in [4.78, 5) is 15.3. The molecular formula is C66H40N4. The maximum atomic E-state index is 10.6. The highest BCUT2D eigenvalue weighted by molar-refractivity contribution is 6.15. The quantitative estimate of drug-likeness (QED) is 0.152. The molecule has 4 nitrogen and oxygen atoms in total. The molecule has 0 radical (unpaired) electrons. The van der Waals surface area contributed by atoms with E-state index in [9.17, 15) is 5.26 Å². The molecule has 0 fully saturated rings. The topological polar surface area (TPSA) is 62.5 Å². The van der Waals surface area contributed by atoms with Gasteiger partial charge < -0.3 is 0 Å². The molecule has 70 heavy (non-hydrogen) atoms. The number of aromatic nitrogens is 3. The van der Waals surface area contributed by atoms with E-state index in [1.54, 1.807) is 0 Å². The molecule has 4 heteroatoms. The van der Waals surface area contributed by atoms with E-state index in [4.69, 9.17) is 15.0 Å². The summed E-state index contributed by atoms with van der Waals surface area (Å²) in [5.74, 6) is 1.83. The molecule has 11 aromatic carbocycles. The van der Waals surface area contributed by atoms with E-state index < -0.39 is 0 Å². The average molecular weight is 889 g/mol. The summed E-state index contributed by atoms with van der Waals surface area (Å²) in [7, 11) is 0. The van der Waals surface area contributed by atoms with Crippen LogP contribution in [0, 0.1) is 11.3 Å². The first kappa shape index (κ1) is 40.7. The van der Waals surface area contributed by atoms with Crippen LogP contribution in [0.15, 0.2) is 243 Å². The predicted octanol–water partition coefficient (Wildman–Crippen LogP) is 17.0. The minimum Gasteiger partial charge on any atom is -0.208 e. The molecule has 0 bridgehead atoms. The van der Waals surface area contributed by atoms with E-state index in [1.807, 2.05) is 42.5 Å². The van der Waals surface area contributed by atoms with Crippen molar-refractivity contribution in [3.63, 3.8) is 0 Å². The molecule has 13 rings (SSSR count). The highest BCUT2D eigenvalue weighted by atomic mass is 15.0. The standard InChI is InChI=1S/C66H40N4/c67-41-53-39-50(33-35-54(53)52-22-9-21-49(38-52)51-34-36-58-59-27-11-17-44-18-12-28-60(63(44)59)62(58)40-51)48-20-8-19-47(37-48)42-29-31-46(32-30-42)65-68-64(45-14-2-1-3-15-45)69-66(70-65)61-25-7-6-24-57(61)56-26-10-16-43-13-4-5-23-55(43)56/h1-40H. The Bertz CT molecular complexity index is 4060. The Balaban J connectivity index is 0.804. The van der Waals surface area contributed by atoms with Gasteiger partial charge in [-0.25, -0.2) is 15.0 Å². The van der Waals surface area contributed by atoms with Crippen LogP contribution in [0.5, 0.6) is 0 Å². The van der Waals surface area contributed by atoms with Crippen LogP contribution in [-0.2, 0) is 0 Å². The molecule has 0 atom stereocenters. The van der Waals surface area contributed by atoms with Gasteiger partial charge in [0, 0.05) is 16.7 Å². The van der Waals surface area contributed by atoms with Crippen molar-refractivity contribution in [2.75, 3.05) is 0 Å². The van der Waals surface area contributed by atoms with Gasteiger partial charge in [-0.1, -0.05) is 218 Å². The maximum Gasteiger partial charge on any atom is 0.164 e. The number of nitrogens with zero attached hydrogens (tertiary/aromatic N) is 4. The second kappa shape index (κ2) is 16.9. The van der Waals surface area contributed by atoms with Crippen LogP contribution < -0.4 is 0 Å². The van der Waals surface area contributed by atoms with Crippen molar-refractivity contribution in [1.82, 2.24) is 15.0 Å². The summed E-state index contributed by atoms with van der Waals surface area (Å²) in [5.41, 5.74) is 19.0. The lowest BCUT2D eigenvalue weighted by Gasteiger charge is -2.14. The molecule has 0 unspecified atom stereocenters. The van der Waals surface area contributed by atoms with Gasteiger partial charge in [-0.2, -0.15) is 5.26 Å². The van der Waals surface area contributed by atoms with Crippen molar-refractivity contribution < 1.29 is 0 Å². The van der Waals surface area contributed by atoms with Crippen LogP contribution in [0.1, 0.15) is 5.56 Å². The lowest BCUT2D eigenvalue weighted by molar-refractivity contribution is 1.07. The molecule has 324 valence electrons. The first-order valence-electron chi connectivity index (χ1n) is 23.6. The summed E-state index contributed by atoms with van der Waals surface area (Å²) in [6, 6.07) is 87.5. The Morgan fingerprint density at radius 3 is 1.44 bits per heavy atom. The van der Waals surface area contributed by atoms with Crippen molar-refractivity contribution in [1.29, 1.82) is 5.26 Å². The fourth-order valence-electron chi connectivity index (χ4n) is 10.3. The van der Waals surface area contributed by atoms with Crippen molar-refractivity contribution in [3.8, 4) is 118 Å². The zero-order chi connectivity index (χ0) is 46.5. The average Bonchev–Trinajstić information content (AvgIpc) is 3.76. The lowest BCUT2D eigenvalue weighted by Crippen LogP contribution is -2.01. The van der Waals surface area contributed by atoms with Crippen molar-refractivity contribution in [3.05, 3.63) is 248 Å². The van der Waals surface area contributed by atoms with Gasteiger partial charge in [0.25, 0.3) is 0 Å². The third-order valence-corrected chi connectivity index (χ3v) is 13.7. The highest BCUT2D eigenvalue weighted by Crippen LogP contribution is 2.48. The summed E-state index contributed by atoms with van der Waals surface area (Å²) in [6.45, 7) is 0. The molecule has 12 aromatic rings. The lowest BCUT2D eigenvalue weighted by atomic mass is 9.92. The van der Waals surface area contributed by atoms with Crippen LogP contribution in [0.2, 0.25) is 0 Å². The van der Waals surface area contributed by atoms with Gasteiger partial charge in [-0.3, -0.25) is 0 Å². The van der Waals surface area contributed by atoms with E-state index in [1.165, 1.54) is 43.8 Å².